The van der Waals surface area contributed by atoms with E-state index in [9.17, 15) is 4.79 Å². The van der Waals surface area contributed by atoms with Crippen molar-refractivity contribution in [2.45, 2.75) is 12.8 Å². The molecule has 0 saturated heterocycles. The van der Waals surface area contributed by atoms with E-state index in [-0.39, 0.29) is 5.57 Å². The monoisotopic (exact) mass is 182 g/mol. The van der Waals surface area contributed by atoms with Gasteiger partial charge in [0.2, 0.25) is 0 Å². The summed E-state index contributed by atoms with van der Waals surface area (Å²) in [6.07, 6.45) is 1.31. The summed E-state index contributed by atoms with van der Waals surface area (Å²) >= 11 is 1.62. The molecule has 1 aromatic heterocycles. The Kier molecular flexibility index (Phi) is 3.05. The van der Waals surface area contributed by atoms with Crippen molar-refractivity contribution in [1.82, 2.24) is 0 Å². The molecule has 0 aliphatic carbocycles. The van der Waals surface area contributed by atoms with Gasteiger partial charge in [0.05, 0.1) is 0 Å². The maximum atomic E-state index is 10.4. The predicted octanol–water partition coefficient (Wildman–Crippen LogP) is 2.32. The lowest BCUT2D eigenvalue weighted by Gasteiger charge is -1.97. The fourth-order valence-electron chi connectivity index (χ4n) is 0.837. The van der Waals surface area contributed by atoms with Crippen LogP contribution < -0.4 is 0 Å². The molecule has 1 N–H and O–H groups in total. The molecule has 1 aromatic rings. The Morgan fingerprint density at radius 1 is 1.67 bits per heavy atom. The molecule has 0 bridgehead atoms. The molecule has 0 aromatic carbocycles. The Morgan fingerprint density at radius 3 is 2.92 bits per heavy atom. The fourth-order valence-corrected chi connectivity index (χ4v) is 1.54. The van der Waals surface area contributed by atoms with Crippen LogP contribution in [0.15, 0.2) is 29.0 Å². The second-order valence-electron chi connectivity index (χ2n) is 2.54. The minimum absolute atomic E-state index is 0.279. The fraction of sp³-hybridized carbons (Fsp3) is 0.222. The van der Waals surface area contributed by atoms with Gasteiger partial charge in [0.25, 0.3) is 0 Å². The first-order chi connectivity index (χ1) is 5.70. The number of aryl methyl sites for hydroxylation is 1. The summed E-state index contributed by atoms with van der Waals surface area (Å²) < 4.78 is 0. The van der Waals surface area contributed by atoms with E-state index in [0.29, 0.717) is 6.42 Å². The van der Waals surface area contributed by atoms with Crippen molar-refractivity contribution in [3.8, 4) is 0 Å². The average Bonchev–Trinajstić information content (AvgIpc) is 2.51. The maximum Gasteiger partial charge on any atom is 0.330 e. The number of hydrogen-bond donors (Lipinski definition) is 1. The summed E-state index contributed by atoms with van der Waals surface area (Å²) in [5.74, 6) is -0.898. The largest absolute Gasteiger partial charge is 0.478 e. The van der Waals surface area contributed by atoms with E-state index >= 15 is 0 Å². The van der Waals surface area contributed by atoms with Gasteiger partial charge in [-0.2, -0.15) is 11.3 Å². The van der Waals surface area contributed by atoms with E-state index in [0.717, 1.165) is 6.42 Å². The molecule has 0 aliphatic rings. The molecule has 0 fully saturated rings. The summed E-state index contributed by atoms with van der Waals surface area (Å²) in [6.45, 7) is 3.46. The smallest absolute Gasteiger partial charge is 0.330 e. The Labute approximate surface area is 75.2 Å². The Bertz CT molecular complexity index is 275. The highest BCUT2D eigenvalue weighted by Crippen LogP contribution is 2.11. The van der Waals surface area contributed by atoms with Gasteiger partial charge in [-0.15, -0.1) is 0 Å². The molecule has 1 heterocycles. The van der Waals surface area contributed by atoms with Gasteiger partial charge < -0.3 is 5.11 Å². The second kappa shape index (κ2) is 4.07. The van der Waals surface area contributed by atoms with Gasteiger partial charge in [0.15, 0.2) is 0 Å². The molecule has 0 amide bonds. The van der Waals surface area contributed by atoms with Crippen molar-refractivity contribution in [2.75, 3.05) is 0 Å². The van der Waals surface area contributed by atoms with Gasteiger partial charge in [-0.1, -0.05) is 6.58 Å². The first kappa shape index (κ1) is 9.00. The highest BCUT2D eigenvalue weighted by Gasteiger charge is 2.03. The van der Waals surface area contributed by atoms with Crippen molar-refractivity contribution in [2.24, 2.45) is 0 Å². The summed E-state index contributed by atoms with van der Waals surface area (Å²) in [7, 11) is 0. The molecule has 0 saturated carbocycles. The number of carboxylic acids is 1. The third-order valence-corrected chi connectivity index (χ3v) is 2.33. The third-order valence-electron chi connectivity index (χ3n) is 1.60. The van der Waals surface area contributed by atoms with Crippen LogP contribution in [0.25, 0.3) is 0 Å². The van der Waals surface area contributed by atoms with Crippen LogP contribution in [-0.4, -0.2) is 11.1 Å². The van der Waals surface area contributed by atoms with Crippen molar-refractivity contribution in [1.29, 1.82) is 0 Å². The molecule has 0 radical (unpaired) electrons. The van der Waals surface area contributed by atoms with Gasteiger partial charge >= 0.3 is 5.97 Å². The van der Waals surface area contributed by atoms with Crippen LogP contribution in [0.2, 0.25) is 0 Å². The molecular formula is C9H10O2S. The molecule has 2 nitrogen and oxygen atoms in total. The summed E-state index contributed by atoms with van der Waals surface area (Å²) in [4.78, 5) is 10.4. The second-order valence-corrected chi connectivity index (χ2v) is 3.32. The number of hydrogen-bond acceptors (Lipinski definition) is 2. The van der Waals surface area contributed by atoms with Crippen molar-refractivity contribution in [3.63, 3.8) is 0 Å². The van der Waals surface area contributed by atoms with E-state index in [4.69, 9.17) is 5.11 Å². The van der Waals surface area contributed by atoms with Gasteiger partial charge in [-0.3, -0.25) is 0 Å². The third kappa shape index (κ3) is 2.51. The van der Waals surface area contributed by atoms with Gasteiger partial charge in [-0.25, -0.2) is 4.79 Å². The summed E-state index contributed by atoms with van der Waals surface area (Å²) in [5.41, 5.74) is 1.46. The highest BCUT2D eigenvalue weighted by molar-refractivity contribution is 7.07. The standard InChI is InChI=1S/C9H10O2S/c1-7(9(10)11)2-3-8-4-5-12-6-8/h4-6H,1-3H2,(H,10,11). The van der Waals surface area contributed by atoms with Crippen LogP contribution in [0.4, 0.5) is 0 Å². The van der Waals surface area contributed by atoms with E-state index in [1.54, 1.807) is 11.3 Å². The molecule has 0 aliphatic heterocycles. The minimum atomic E-state index is -0.898. The van der Waals surface area contributed by atoms with Gasteiger partial charge in [-0.05, 0) is 35.2 Å². The topological polar surface area (TPSA) is 37.3 Å². The number of carboxylic acid groups (broad SMARTS) is 1. The van der Waals surface area contributed by atoms with Crippen LogP contribution in [0.5, 0.6) is 0 Å². The summed E-state index contributed by atoms with van der Waals surface area (Å²) in [5, 5.41) is 12.5. The lowest BCUT2D eigenvalue weighted by molar-refractivity contribution is -0.132. The molecule has 12 heavy (non-hydrogen) atoms. The van der Waals surface area contributed by atoms with E-state index < -0.39 is 5.97 Å². The number of carbonyl (C=O) groups is 1. The molecule has 0 unspecified atom stereocenters. The Balaban J connectivity index is 2.37. The van der Waals surface area contributed by atoms with Crippen LogP contribution in [0.1, 0.15) is 12.0 Å². The molecular weight excluding hydrogens is 172 g/mol. The summed E-state index contributed by atoms with van der Waals surface area (Å²) in [6, 6.07) is 2.00. The SMILES string of the molecule is C=C(CCc1ccsc1)C(=O)O. The van der Waals surface area contributed by atoms with Gasteiger partial charge in [0.1, 0.15) is 0 Å². The van der Waals surface area contributed by atoms with Crippen LogP contribution in [0, 0.1) is 0 Å². The van der Waals surface area contributed by atoms with Crippen molar-refractivity contribution < 1.29 is 9.90 Å². The van der Waals surface area contributed by atoms with Crippen molar-refractivity contribution >= 4 is 17.3 Å². The lowest BCUT2D eigenvalue weighted by atomic mass is 10.1. The first-order valence-corrected chi connectivity index (χ1v) is 4.56. The van der Waals surface area contributed by atoms with Crippen molar-refractivity contribution in [3.05, 3.63) is 34.5 Å². The Hall–Kier alpha value is -1.09. The zero-order chi connectivity index (χ0) is 8.97. The van der Waals surface area contributed by atoms with Crippen LogP contribution >= 0.6 is 11.3 Å². The molecule has 1 rings (SSSR count). The molecule has 64 valence electrons. The Morgan fingerprint density at radius 2 is 2.42 bits per heavy atom. The number of thiophene rings is 1. The van der Waals surface area contributed by atoms with Gasteiger partial charge in [0, 0.05) is 5.57 Å². The zero-order valence-corrected chi connectivity index (χ0v) is 7.43. The van der Waals surface area contributed by atoms with E-state index in [2.05, 4.69) is 6.58 Å². The molecule has 0 spiro atoms. The van der Waals surface area contributed by atoms with E-state index in [1.807, 2.05) is 16.8 Å². The maximum absolute atomic E-state index is 10.4. The number of rotatable bonds is 4. The molecule has 3 heteroatoms. The average molecular weight is 182 g/mol. The molecule has 0 atom stereocenters. The van der Waals surface area contributed by atoms with Crippen LogP contribution in [-0.2, 0) is 11.2 Å². The first-order valence-electron chi connectivity index (χ1n) is 3.62. The quantitative estimate of drug-likeness (QED) is 0.725. The van der Waals surface area contributed by atoms with Crippen LogP contribution in [0.3, 0.4) is 0 Å². The zero-order valence-electron chi connectivity index (χ0n) is 6.62. The number of aliphatic carboxylic acids is 1. The van der Waals surface area contributed by atoms with E-state index in [1.165, 1.54) is 5.56 Å². The predicted molar refractivity (Wildman–Crippen MR) is 49.4 cm³/mol. The lowest BCUT2D eigenvalue weighted by Crippen LogP contribution is -1.99. The normalized spacial score (nSPS) is 9.67. The highest BCUT2D eigenvalue weighted by atomic mass is 32.1. The minimum Gasteiger partial charge on any atom is -0.478 e.